The highest BCUT2D eigenvalue weighted by atomic mass is 16.3. The first-order valence-electron chi connectivity index (χ1n) is 9.16. The Bertz CT molecular complexity index is 772. The summed E-state index contributed by atoms with van der Waals surface area (Å²) >= 11 is 0. The number of aromatic nitrogens is 1. The number of nitrogens with one attached hydrogen (secondary N) is 1. The molecule has 1 saturated carbocycles. The normalized spacial score (nSPS) is 29.1. The van der Waals surface area contributed by atoms with Crippen molar-refractivity contribution in [2.24, 2.45) is 5.92 Å². The fourth-order valence-corrected chi connectivity index (χ4v) is 4.17. The van der Waals surface area contributed by atoms with Crippen LogP contribution in [0.15, 0.2) is 22.6 Å². The van der Waals surface area contributed by atoms with Crippen LogP contribution in [-0.2, 0) is 11.2 Å². The molecule has 4 heterocycles. The number of amides is 1. The number of oxazole rings is 1. The van der Waals surface area contributed by atoms with Crippen LogP contribution >= 0.6 is 0 Å². The second kappa shape index (κ2) is 5.59. The molecule has 6 rings (SSSR count). The first kappa shape index (κ1) is 14.5. The van der Waals surface area contributed by atoms with Crippen molar-refractivity contribution in [2.75, 3.05) is 19.6 Å². The van der Waals surface area contributed by atoms with Gasteiger partial charge in [0.1, 0.15) is 5.52 Å². The minimum Gasteiger partial charge on any atom is -0.440 e. The van der Waals surface area contributed by atoms with Gasteiger partial charge in [-0.1, -0.05) is 6.07 Å². The van der Waals surface area contributed by atoms with Crippen LogP contribution in [0.4, 0.5) is 0 Å². The predicted molar refractivity (Wildman–Crippen MR) is 90.8 cm³/mol. The van der Waals surface area contributed by atoms with E-state index in [0.717, 1.165) is 29.1 Å². The van der Waals surface area contributed by atoms with Crippen LogP contribution in [0.2, 0.25) is 0 Å². The Hall–Kier alpha value is -1.88. The zero-order valence-corrected chi connectivity index (χ0v) is 13.8. The highest BCUT2D eigenvalue weighted by Gasteiger charge is 2.34. The third kappa shape index (κ3) is 2.71. The first-order chi connectivity index (χ1) is 11.7. The Morgan fingerprint density at radius 2 is 2.08 bits per heavy atom. The Labute approximate surface area is 141 Å². The molecule has 0 unspecified atom stereocenters. The maximum atomic E-state index is 12.4. The third-order valence-electron chi connectivity index (χ3n) is 5.76. The summed E-state index contributed by atoms with van der Waals surface area (Å²) in [6.07, 6.45) is 5.22. The second-order valence-electron chi connectivity index (χ2n) is 7.62. The lowest BCUT2D eigenvalue weighted by Gasteiger charge is -2.44. The maximum absolute atomic E-state index is 12.4. The smallest absolute Gasteiger partial charge is 0.224 e. The van der Waals surface area contributed by atoms with Crippen LogP contribution in [0.1, 0.15) is 43.1 Å². The van der Waals surface area contributed by atoms with E-state index in [1.807, 2.05) is 18.2 Å². The van der Waals surface area contributed by atoms with Gasteiger partial charge in [-0.05, 0) is 62.4 Å². The molecule has 3 saturated heterocycles. The fraction of sp³-hybridized carbons (Fsp3) is 0.579. The van der Waals surface area contributed by atoms with Gasteiger partial charge >= 0.3 is 0 Å². The van der Waals surface area contributed by atoms with Gasteiger partial charge in [0.2, 0.25) is 5.91 Å². The summed E-state index contributed by atoms with van der Waals surface area (Å²) in [5, 5.41) is 3.25. The first-order valence-corrected chi connectivity index (χ1v) is 9.16. The summed E-state index contributed by atoms with van der Waals surface area (Å²) in [5.74, 6) is 2.16. The summed E-state index contributed by atoms with van der Waals surface area (Å²) in [6.45, 7) is 3.41. The largest absolute Gasteiger partial charge is 0.440 e. The molecule has 1 aromatic carbocycles. The van der Waals surface area contributed by atoms with Crippen molar-refractivity contribution in [1.29, 1.82) is 0 Å². The lowest BCUT2D eigenvalue weighted by atomic mass is 9.84. The zero-order chi connectivity index (χ0) is 16.1. The van der Waals surface area contributed by atoms with Crippen LogP contribution in [-0.4, -0.2) is 41.5 Å². The molecule has 1 aliphatic carbocycles. The van der Waals surface area contributed by atoms with E-state index in [1.54, 1.807) is 0 Å². The average molecular weight is 325 g/mol. The number of carbonyl (C=O) groups excluding carboxylic acids is 1. The van der Waals surface area contributed by atoms with Crippen molar-refractivity contribution in [2.45, 2.75) is 44.1 Å². The number of fused-ring (bicyclic) bond motifs is 4. The summed E-state index contributed by atoms with van der Waals surface area (Å²) in [7, 11) is 0. The Balaban J connectivity index is 1.26. The van der Waals surface area contributed by atoms with E-state index in [1.165, 1.54) is 38.8 Å². The van der Waals surface area contributed by atoms with Gasteiger partial charge in [0, 0.05) is 18.5 Å². The van der Waals surface area contributed by atoms with Gasteiger partial charge in [-0.15, -0.1) is 0 Å². The topological polar surface area (TPSA) is 58.4 Å². The van der Waals surface area contributed by atoms with Crippen LogP contribution < -0.4 is 5.32 Å². The molecule has 2 aromatic rings. The highest BCUT2D eigenvalue weighted by molar-refractivity contribution is 5.81. The highest BCUT2D eigenvalue weighted by Crippen LogP contribution is 2.40. The van der Waals surface area contributed by atoms with E-state index in [4.69, 9.17) is 4.42 Å². The number of carbonyl (C=O) groups is 1. The molecule has 1 atom stereocenters. The molecule has 3 aliphatic heterocycles. The summed E-state index contributed by atoms with van der Waals surface area (Å²) in [5.41, 5.74) is 2.71. The minimum atomic E-state index is 0.120. The van der Waals surface area contributed by atoms with E-state index in [-0.39, 0.29) is 5.91 Å². The van der Waals surface area contributed by atoms with Gasteiger partial charge in [0.15, 0.2) is 11.5 Å². The molecule has 5 nitrogen and oxygen atoms in total. The zero-order valence-electron chi connectivity index (χ0n) is 13.8. The van der Waals surface area contributed by atoms with Crippen molar-refractivity contribution in [3.63, 3.8) is 0 Å². The van der Waals surface area contributed by atoms with Gasteiger partial charge < -0.3 is 14.6 Å². The van der Waals surface area contributed by atoms with Crippen LogP contribution in [0, 0.1) is 5.92 Å². The molecule has 4 aliphatic rings. The maximum Gasteiger partial charge on any atom is 0.224 e. The molecule has 126 valence electrons. The predicted octanol–water partition coefficient (Wildman–Crippen LogP) is 2.46. The molecular formula is C19H23N3O2. The van der Waals surface area contributed by atoms with Gasteiger partial charge in [0.25, 0.3) is 0 Å². The molecular weight excluding hydrogens is 302 g/mol. The summed E-state index contributed by atoms with van der Waals surface area (Å²) < 4.78 is 5.85. The van der Waals surface area contributed by atoms with Crippen molar-refractivity contribution in [3.8, 4) is 0 Å². The second-order valence-corrected chi connectivity index (χ2v) is 7.62. The third-order valence-corrected chi connectivity index (χ3v) is 5.76. The Morgan fingerprint density at radius 1 is 1.25 bits per heavy atom. The van der Waals surface area contributed by atoms with Crippen molar-refractivity contribution in [1.82, 2.24) is 15.2 Å². The number of nitrogens with zero attached hydrogens (tertiary/aromatic N) is 2. The van der Waals surface area contributed by atoms with Crippen LogP contribution in [0.5, 0.6) is 0 Å². The van der Waals surface area contributed by atoms with Crippen LogP contribution in [0.3, 0.4) is 0 Å². The fourth-order valence-electron chi connectivity index (χ4n) is 4.17. The van der Waals surface area contributed by atoms with Crippen molar-refractivity contribution < 1.29 is 9.21 Å². The monoisotopic (exact) mass is 325 g/mol. The van der Waals surface area contributed by atoms with Crippen LogP contribution in [0.25, 0.3) is 11.1 Å². The van der Waals surface area contributed by atoms with E-state index < -0.39 is 0 Å². The molecule has 0 radical (unpaired) electrons. The summed E-state index contributed by atoms with van der Waals surface area (Å²) in [6, 6.07) is 6.28. The van der Waals surface area contributed by atoms with Crippen molar-refractivity contribution in [3.05, 3.63) is 29.7 Å². The van der Waals surface area contributed by atoms with Gasteiger partial charge in [-0.2, -0.15) is 0 Å². The number of hydrogen-bond acceptors (Lipinski definition) is 4. The Morgan fingerprint density at radius 3 is 2.79 bits per heavy atom. The number of rotatable bonds is 4. The van der Waals surface area contributed by atoms with E-state index >= 15 is 0 Å². The quantitative estimate of drug-likeness (QED) is 0.938. The molecule has 5 heteroatoms. The van der Waals surface area contributed by atoms with Gasteiger partial charge in [-0.3, -0.25) is 4.79 Å². The lowest BCUT2D eigenvalue weighted by Crippen LogP contribution is -2.57. The SMILES string of the molecule is O=C(Cc1ccc2nc(C3CC3)oc2c1)N[C@H]1CN2CCC1CC2. The number of piperidine rings is 3. The number of benzene rings is 1. The number of hydrogen-bond donors (Lipinski definition) is 1. The molecule has 4 fully saturated rings. The molecule has 1 amide bonds. The minimum absolute atomic E-state index is 0.120. The lowest BCUT2D eigenvalue weighted by molar-refractivity contribution is -0.122. The molecule has 2 bridgehead atoms. The summed E-state index contributed by atoms with van der Waals surface area (Å²) in [4.78, 5) is 19.4. The van der Waals surface area contributed by atoms with E-state index in [0.29, 0.717) is 24.3 Å². The average Bonchev–Trinajstić information content (AvgIpc) is 3.35. The molecule has 1 aromatic heterocycles. The molecule has 1 N–H and O–H groups in total. The van der Waals surface area contributed by atoms with Gasteiger partial charge in [0.05, 0.1) is 6.42 Å². The van der Waals surface area contributed by atoms with Gasteiger partial charge in [-0.25, -0.2) is 4.98 Å². The molecule has 0 spiro atoms. The Kier molecular flexibility index (Phi) is 3.37. The molecule has 24 heavy (non-hydrogen) atoms. The van der Waals surface area contributed by atoms with Crippen molar-refractivity contribution >= 4 is 17.0 Å². The van der Waals surface area contributed by atoms with E-state index in [2.05, 4.69) is 15.2 Å². The van der Waals surface area contributed by atoms with E-state index in [9.17, 15) is 4.79 Å². The standard InChI is InChI=1S/C19H23N3O2/c23-18(20-16-11-22-7-5-13(16)6-8-22)10-12-1-4-15-17(9-12)24-19(21-15)14-2-3-14/h1,4,9,13-14,16H,2-3,5-8,10-11H2,(H,20,23)/t16-/m0/s1.